The molecule has 1 aliphatic heterocycles. The lowest BCUT2D eigenvalue weighted by atomic mass is 10.0. The summed E-state index contributed by atoms with van der Waals surface area (Å²) in [5, 5.41) is 8.85. The van der Waals surface area contributed by atoms with Gasteiger partial charge in [-0.05, 0) is 58.3 Å². The second-order valence-electron chi connectivity index (χ2n) is 7.63. The van der Waals surface area contributed by atoms with Crippen LogP contribution in [0.3, 0.4) is 0 Å². The molecule has 1 aromatic rings. The number of nitrogens with zero attached hydrogens (tertiary/aromatic N) is 2. The summed E-state index contributed by atoms with van der Waals surface area (Å²) in [6.45, 7) is 1.81. The molecule has 1 saturated heterocycles. The van der Waals surface area contributed by atoms with Gasteiger partial charge < -0.3 is 14.4 Å². The van der Waals surface area contributed by atoms with Crippen molar-refractivity contribution in [1.82, 2.24) is 4.90 Å². The van der Waals surface area contributed by atoms with E-state index < -0.39 is 0 Å². The molecule has 0 spiro atoms. The maximum atomic E-state index is 8.85. The molecular weight excluding hydrogens is 324 g/mol. The van der Waals surface area contributed by atoms with Crippen LogP contribution in [0.25, 0.3) is 0 Å². The number of benzene rings is 1. The molecule has 0 N–H and O–H groups in total. The molecule has 2 rings (SSSR count). The summed E-state index contributed by atoms with van der Waals surface area (Å²) in [5.74, 6) is 0. The molecule has 1 heterocycles. The van der Waals surface area contributed by atoms with Gasteiger partial charge in [0.05, 0.1) is 37.4 Å². The van der Waals surface area contributed by atoms with Crippen LogP contribution in [-0.4, -0.2) is 43.9 Å². The molecule has 4 heteroatoms. The quantitative estimate of drug-likeness (QED) is 0.514. The highest BCUT2D eigenvalue weighted by Crippen LogP contribution is 2.27. The van der Waals surface area contributed by atoms with Gasteiger partial charge in [0.15, 0.2) is 0 Å². The largest absolute Gasteiger partial charge is 0.374 e. The van der Waals surface area contributed by atoms with Gasteiger partial charge in [-0.25, -0.2) is 0 Å². The molecule has 0 amide bonds. The van der Waals surface area contributed by atoms with Gasteiger partial charge in [0.2, 0.25) is 0 Å². The Balaban J connectivity index is 1.77. The third-order valence-electron chi connectivity index (χ3n) is 5.00. The number of ether oxygens (including phenoxy) is 2. The summed E-state index contributed by atoms with van der Waals surface area (Å²) in [5.41, 5.74) is 1.22. The zero-order valence-corrected chi connectivity index (χ0v) is 16.4. The monoisotopic (exact) mass is 358 g/mol. The first-order valence-electron chi connectivity index (χ1n) is 10.00. The lowest BCUT2D eigenvalue weighted by Gasteiger charge is -2.22. The molecule has 1 aromatic carbocycles. The van der Waals surface area contributed by atoms with Gasteiger partial charge in [-0.3, -0.25) is 0 Å². The maximum Gasteiger partial charge on any atom is 0.0720 e. The Labute approximate surface area is 159 Å². The molecule has 0 radical (unpaired) electrons. The van der Waals surface area contributed by atoms with Crippen molar-refractivity contribution in [2.24, 2.45) is 0 Å². The molecule has 4 nitrogen and oxygen atoms in total. The van der Waals surface area contributed by atoms with E-state index in [9.17, 15) is 0 Å². The van der Waals surface area contributed by atoms with Crippen molar-refractivity contribution in [3.63, 3.8) is 0 Å². The van der Waals surface area contributed by atoms with Crippen molar-refractivity contribution in [2.45, 2.75) is 76.3 Å². The SMILES string of the molecule is CN(C)CCCCC[C@H](C[C@H]1CCC(CC#N)O1)OCc1ccccc1. The van der Waals surface area contributed by atoms with Crippen molar-refractivity contribution in [3.05, 3.63) is 35.9 Å². The molecular formula is C22H34N2O2. The van der Waals surface area contributed by atoms with Crippen molar-refractivity contribution in [1.29, 1.82) is 5.26 Å². The second-order valence-corrected chi connectivity index (χ2v) is 7.63. The van der Waals surface area contributed by atoms with Crippen LogP contribution in [0.4, 0.5) is 0 Å². The first-order valence-corrected chi connectivity index (χ1v) is 10.00. The summed E-state index contributed by atoms with van der Waals surface area (Å²) in [4.78, 5) is 2.24. The lowest BCUT2D eigenvalue weighted by Crippen LogP contribution is -2.22. The predicted molar refractivity (Wildman–Crippen MR) is 105 cm³/mol. The van der Waals surface area contributed by atoms with E-state index in [0.29, 0.717) is 13.0 Å². The van der Waals surface area contributed by atoms with Crippen molar-refractivity contribution in [3.8, 4) is 6.07 Å². The summed E-state index contributed by atoms with van der Waals surface area (Å²) >= 11 is 0. The average molecular weight is 359 g/mol. The van der Waals surface area contributed by atoms with E-state index in [1.807, 2.05) is 6.07 Å². The fourth-order valence-corrected chi connectivity index (χ4v) is 3.53. The normalized spacial score (nSPS) is 21.0. The van der Waals surface area contributed by atoms with Gasteiger partial charge in [0.25, 0.3) is 0 Å². The van der Waals surface area contributed by atoms with Crippen molar-refractivity contribution in [2.75, 3.05) is 20.6 Å². The summed E-state index contributed by atoms with van der Waals surface area (Å²) in [6, 6.07) is 12.6. The van der Waals surface area contributed by atoms with E-state index in [1.165, 1.54) is 24.8 Å². The van der Waals surface area contributed by atoms with Crippen LogP contribution in [0.5, 0.6) is 0 Å². The van der Waals surface area contributed by atoms with E-state index in [1.54, 1.807) is 0 Å². The van der Waals surface area contributed by atoms with Gasteiger partial charge >= 0.3 is 0 Å². The topological polar surface area (TPSA) is 45.5 Å². The smallest absolute Gasteiger partial charge is 0.0720 e. The van der Waals surface area contributed by atoms with Gasteiger partial charge in [0.1, 0.15) is 0 Å². The Morgan fingerprint density at radius 3 is 2.65 bits per heavy atom. The van der Waals surface area contributed by atoms with Crippen molar-refractivity contribution >= 4 is 0 Å². The summed E-state index contributed by atoms with van der Waals surface area (Å²) in [7, 11) is 4.25. The number of hydrogen-bond donors (Lipinski definition) is 0. The van der Waals surface area contributed by atoms with Gasteiger partial charge in [-0.1, -0.05) is 43.2 Å². The highest BCUT2D eigenvalue weighted by molar-refractivity contribution is 5.13. The van der Waals surface area contributed by atoms with Gasteiger partial charge in [0, 0.05) is 0 Å². The van der Waals surface area contributed by atoms with E-state index in [2.05, 4.69) is 49.3 Å². The van der Waals surface area contributed by atoms with E-state index >= 15 is 0 Å². The standard InChI is InChI=1S/C22H34N2O2/c1-24(2)16-8-4-7-11-21(25-18-19-9-5-3-6-10-19)17-22-13-12-20(26-22)14-15-23/h3,5-6,9-10,20-22H,4,7-8,11-14,16-18H2,1-2H3/t20?,21-,22-/m1/s1. The molecule has 0 aliphatic carbocycles. The van der Waals surface area contributed by atoms with E-state index in [4.69, 9.17) is 14.7 Å². The van der Waals surface area contributed by atoms with E-state index in [0.717, 1.165) is 32.2 Å². The molecule has 1 unspecified atom stereocenters. The van der Waals surface area contributed by atoms with Crippen LogP contribution >= 0.6 is 0 Å². The number of rotatable bonds is 12. The lowest BCUT2D eigenvalue weighted by molar-refractivity contribution is -0.0250. The summed E-state index contributed by atoms with van der Waals surface area (Å²) < 4.78 is 12.3. The van der Waals surface area contributed by atoms with Gasteiger partial charge in [-0.15, -0.1) is 0 Å². The molecule has 1 aliphatic rings. The first-order chi connectivity index (χ1) is 12.7. The number of unbranched alkanes of at least 4 members (excludes halogenated alkanes) is 2. The Hall–Kier alpha value is -1.41. The van der Waals surface area contributed by atoms with Crippen LogP contribution in [0.15, 0.2) is 30.3 Å². The summed E-state index contributed by atoms with van der Waals surface area (Å²) in [6.07, 6.45) is 8.89. The van der Waals surface area contributed by atoms with Crippen LogP contribution in [0.2, 0.25) is 0 Å². The molecule has 3 atom stereocenters. The van der Waals surface area contributed by atoms with Crippen LogP contribution < -0.4 is 0 Å². The first kappa shape index (κ1) is 20.9. The molecule has 0 aromatic heterocycles. The zero-order valence-electron chi connectivity index (χ0n) is 16.4. The van der Waals surface area contributed by atoms with Crippen LogP contribution in [-0.2, 0) is 16.1 Å². The highest BCUT2D eigenvalue weighted by atomic mass is 16.5. The number of hydrogen-bond acceptors (Lipinski definition) is 4. The fraction of sp³-hybridized carbons (Fsp3) is 0.682. The Bertz CT molecular complexity index is 527. The van der Waals surface area contributed by atoms with E-state index in [-0.39, 0.29) is 18.3 Å². The minimum atomic E-state index is 0.125. The highest BCUT2D eigenvalue weighted by Gasteiger charge is 2.27. The Morgan fingerprint density at radius 1 is 1.15 bits per heavy atom. The predicted octanol–water partition coefficient (Wildman–Crippen LogP) is 4.55. The molecule has 1 fully saturated rings. The molecule has 26 heavy (non-hydrogen) atoms. The van der Waals surface area contributed by atoms with Crippen LogP contribution in [0.1, 0.15) is 56.9 Å². The number of nitriles is 1. The minimum absolute atomic E-state index is 0.125. The fourth-order valence-electron chi connectivity index (χ4n) is 3.53. The zero-order chi connectivity index (χ0) is 18.6. The van der Waals surface area contributed by atoms with Crippen LogP contribution in [0, 0.1) is 11.3 Å². The average Bonchev–Trinajstić information content (AvgIpc) is 3.07. The van der Waals surface area contributed by atoms with Crippen molar-refractivity contribution < 1.29 is 9.47 Å². The Morgan fingerprint density at radius 2 is 1.92 bits per heavy atom. The van der Waals surface area contributed by atoms with Gasteiger partial charge in [-0.2, -0.15) is 5.26 Å². The second kappa shape index (κ2) is 12.1. The maximum absolute atomic E-state index is 8.85. The third-order valence-corrected chi connectivity index (χ3v) is 5.00. The molecule has 0 saturated carbocycles. The Kier molecular flexibility index (Phi) is 9.70. The minimum Gasteiger partial charge on any atom is -0.374 e. The molecule has 144 valence electrons. The molecule has 0 bridgehead atoms. The third kappa shape index (κ3) is 8.31.